The molecule has 3 aliphatic rings. The van der Waals surface area contributed by atoms with Crippen molar-refractivity contribution in [2.45, 2.75) is 37.2 Å². The Morgan fingerprint density at radius 2 is 1.80 bits per heavy atom. The van der Waals surface area contributed by atoms with Crippen LogP contribution >= 0.6 is 0 Å². The van der Waals surface area contributed by atoms with Gasteiger partial charge in [0.1, 0.15) is 0 Å². The van der Waals surface area contributed by atoms with Crippen LogP contribution in [0, 0.1) is 17.6 Å². The van der Waals surface area contributed by atoms with Gasteiger partial charge in [-0.05, 0) is 79.6 Å². The second-order valence-corrected chi connectivity index (χ2v) is 10.1. The van der Waals surface area contributed by atoms with Crippen LogP contribution in [0.15, 0.2) is 54.6 Å². The summed E-state index contributed by atoms with van der Waals surface area (Å²) in [7, 11) is 0. The lowest BCUT2D eigenvalue weighted by molar-refractivity contribution is -0.128. The smallest absolute Gasteiger partial charge is 0.246 e. The van der Waals surface area contributed by atoms with Gasteiger partial charge in [-0.2, -0.15) is 0 Å². The van der Waals surface area contributed by atoms with Crippen LogP contribution in [-0.2, 0) is 10.2 Å². The summed E-state index contributed by atoms with van der Waals surface area (Å²) in [6.07, 6.45) is 10.8. The zero-order chi connectivity index (χ0) is 24.4. The Balaban J connectivity index is 1.08. The minimum atomic E-state index is -0.928. The van der Waals surface area contributed by atoms with Gasteiger partial charge in [0.05, 0.1) is 6.10 Å². The number of benzene rings is 2. The van der Waals surface area contributed by atoms with Gasteiger partial charge >= 0.3 is 0 Å². The molecule has 2 fully saturated rings. The number of rotatable bonds is 5. The first-order chi connectivity index (χ1) is 16.9. The molecule has 2 heterocycles. The van der Waals surface area contributed by atoms with Gasteiger partial charge in [0.15, 0.2) is 11.6 Å². The minimum Gasteiger partial charge on any atom is -0.392 e. The molecule has 1 amide bonds. The summed E-state index contributed by atoms with van der Waals surface area (Å²) < 4.78 is 26.4. The van der Waals surface area contributed by atoms with Crippen molar-refractivity contribution >= 4 is 18.1 Å². The lowest BCUT2D eigenvalue weighted by Gasteiger charge is -2.41. The number of aliphatic hydroxyl groups excluding tert-OH is 1. The summed E-state index contributed by atoms with van der Waals surface area (Å²) in [5.74, 6) is -1.80. The number of fused-ring (bicyclic) bond motifs is 2. The number of hydrogen-bond acceptors (Lipinski definition) is 3. The predicted molar refractivity (Wildman–Crippen MR) is 134 cm³/mol. The lowest BCUT2D eigenvalue weighted by Crippen LogP contribution is -2.47. The number of carbonyl (C=O) groups is 1. The minimum absolute atomic E-state index is 0.145. The van der Waals surface area contributed by atoms with Gasteiger partial charge < -0.3 is 14.9 Å². The molecule has 1 spiro atoms. The molecule has 2 aliphatic heterocycles. The van der Waals surface area contributed by atoms with Crippen LogP contribution in [0.4, 0.5) is 8.78 Å². The van der Waals surface area contributed by atoms with E-state index >= 15 is 0 Å². The highest BCUT2D eigenvalue weighted by atomic mass is 19.2. The van der Waals surface area contributed by atoms with E-state index in [1.54, 1.807) is 4.90 Å². The first-order valence-corrected chi connectivity index (χ1v) is 12.5. The standard InChI is InChI=1S/C29H32F2N2O2/c30-25-7-5-21(19-26(25)31)6-8-28(35)33-15-10-23(11-16-33)27(34)20-32-17-13-29(14-18-32)12-9-22-3-1-2-4-24(22)29/h1-9,12,19,23,27,34H,10-11,13-18,20H2. The Morgan fingerprint density at radius 1 is 1.06 bits per heavy atom. The number of nitrogens with zero attached hydrogens (tertiary/aromatic N) is 2. The van der Waals surface area contributed by atoms with Crippen LogP contribution in [0.1, 0.15) is 42.4 Å². The van der Waals surface area contributed by atoms with Crippen LogP contribution in [0.3, 0.4) is 0 Å². The van der Waals surface area contributed by atoms with E-state index in [1.807, 2.05) is 0 Å². The van der Waals surface area contributed by atoms with Crippen molar-refractivity contribution in [3.8, 4) is 0 Å². The van der Waals surface area contributed by atoms with Crippen LogP contribution in [-0.4, -0.2) is 59.6 Å². The van der Waals surface area contributed by atoms with E-state index in [4.69, 9.17) is 0 Å². The zero-order valence-electron chi connectivity index (χ0n) is 19.9. The van der Waals surface area contributed by atoms with E-state index in [0.717, 1.165) is 50.9 Å². The fourth-order valence-corrected chi connectivity index (χ4v) is 5.81. The maximum absolute atomic E-state index is 13.3. The monoisotopic (exact) mass is 478 g/mol. The third-order valence-electron chi connectivity index (χ3n) is 8.03. The number of amides is 1. The van der Waals surface area contributed by atoms with E-state index < -0.39 is 17.7 Å². The molecular weight excluding hydrogens is 446 g/mol. The molecule has 184 valence electrons. The second kappa shape index (κ2) is 10.0. The first-order valence-electron chi connectivity index (χ1n) is 12.5. The molecule has 6 heteroatoms. The average molecular weight is 479 g/mol. The number of halogens is 2. The Labute approximate surface area is 205 Å². The van der Waals surface area contributed by atoms with Crippen LogP contribution in [0.25, 0.3) is 12.2 Å². The maximum Gasteiger partial charge on any atom is 0.246 e. The van der Waals surface area contributed by atoms with Crippen molar-refractivity contribution in [3.63, 3.8) is 0 Å². The van der Waals surface area contributed by atoms with Gasteiger partial charge in [-0.1, -0.05) is 42.5 Å². The Kier molecular flexibility index (Phi) is 6.85. The molecule has 1 aliphatic carbocycles. The highest BCUT2D eigenvalue weighted by Crippen LogP contribution is 2.43. The second-order valence-electron chi connectivity index (χ2n) is 10.1. The van der Waals surface area contributed by atoms with Crippen molar-refractivity contribution in [2.24, 2.45) is 5.92 Å². The molecule has 0 saturated carbocycles. The molecule has 4 nitrogen and oxygen atoms in total. The molecule has 2 saturated heterocycles. The topological polar surface area (TPSA) is 43.8 Å². The quantitative estimate of drug-likeness (QED) is 0.637. The number of aliphatic hydroxyl groups is 1. The molecule has 0 aromatic heterocycles. The van der Waals surface area contributed by atoms with Gasteiger partial charge in [-0.3, -0.25) is 4.79 Å². The molecule has 2 aromatic carbocycles. The molecule has 35 heavy (non-hydrogen) atoms. The van der Waals surface area contributed by atoms with E-state index in [2.05, 4.69) is 41.3 Å². The number of hydrogen-bond donors (Lipinski definition) is 1. The van der Waals surface area contributed by atoms with Gasteiger partial charge in [0.2, 0.25) is 5.91 Å². The number of carbonyl (C=O) groups excluding carboxylic acids is 1. The fraction of sp³-hybridized carbons (Fsp3) is 0.414. The Bertz CT molecular complexity index is 1130. The third-order valence-corrected chi connectivity index (χ3v) is 8.03. The van der Waals surface area contributed by atoms with Crippen molar-refractivity contribution < 1.29 is 18.7 Å². The maximum atomic E-state index is 13.3. The fourth-order valence-electron chi connectivity index (χ4n) is 5.81. The van der Waals surface area contributed by atoms with E-state index in [-0.39, 0.29) is 17.2 Å². The SMILES string of the molecule is O=C(C=Cc1ccc(F)c(F)c1)N1CCC(C(O)CN2CCC3(C=Cc4ccccc43)CC2)CC1. The first kappa shape index (κ1) is 23.9. The zero-order valence-corrected chi connectivity index (χ0v) is 19.9. The molecule has 1 N–H and O–H groups in total. The van der Waals surface area contributed by atoms with E-state index in [0.29, 0.717) is 25.2 Å². The average Bonchev–Trinajstić information content (AvgIpc) is 3.24. The van der Waals surface area contributed by atoms with E-state index in [1.165, 1.54) is 29.3 Å². The largest absolute Gasteiger partial charge is 0.392 e. The normalized spacial score (nSPS) is 21.1. The number of β-amino-alcohol motifs (C(OH)–C–C–N with tert-alkyl or cyclic N) is 1. The number of likely N-dealkylation sites (tertiary alicyclic amines) is 2. The highest BCUT2D eigenvalue weighted by Gasteiger charge is 2.38. The summed E-state index contributed by atoms with van der Waals surface area (Å²) in [6.45, 7) is 3.81. The van der Waals surface area contributed by atoms with Gasteiger partial charge in [-0.15, -0.1) is 0 Å². The number of piperidine rings is 2. The summed E-state index contributed by atoms with van der Waals surface area (Å²) in [4.78, 5) is 16.7. The lowest BCUT2D eigenvalue weighted by atomic mass is 9.74. The summed E-state index contributed by atoms with van der Waals surface area (Å²) in [6, 6.07) is 12.2. The highest BCUT2D eigenvalue weighted by molar-refractivity contribution is 5.91. The van der Waals surface area contributed by atoms with Crippen LogP contribution < -0.4 is 0 Å². The van der Waals surface area contributed by atoms with Gasteiger partial charge in [0, 0.05) is 31.1 Å². The molecule has 5 rings (SSSR count). The third kappa shape index (κ3) is 5.09. The van der Waals surface area contributed by atoms with Crippen molar-refractivity contribution in [1.29, 1.82) is 0 Å². The van der Waals surface area contributed by atoms with Gasteiger partial charge in [0.25, 0.3) is 0 Å². The molecule has 0 radical (unpaired) electrons. The Morgan fingerprint density at radius 3 is 2.54 bits per heavy atom. The molecular formula is C29H32F2N2O2. The molecule has 2 aromatic rings. The van der Waals surface area contributed by atoms with E-state index in [9.17, 15) is 18.7 Å². The van der Waals surface area contributed by atoms with Gasteiger partial charge in [-0.25, -0.2) is 8.78 Å². The van der Waals surface area contributed by atoms with Crippen molar-refractivity contribution in [3.05, 3.63) is 82.9 Å². The van der Waals surface area contributed by atoms with Crippen LogP contribution in [0.2, 0.25) is 0 Å². The molecule has 0 bridgehead atoms. The molecule has 1 atom stereocenters. The summed E-state index contributed by atoms with van der Waals surface area (Å²) in [5.41, 5.74) is 3.37. The van der Waals surface area contributed by atoms with Crippen molar-refractivity contribution in [2.75, 3.05) is 32.7 Å². The molecule has 1 unspecified atom stereocenters. The summed E-state index contributed by atoms with van der Waals surface area (Å²) >= 11 is 0. The number of allylic oxidation sites excluding steroid dienone is 1. The Hall–Kier alpha value is -2.83. The summed E-state index contributed by atoms with van der Waals surface area (Å²) in [5, 5.41) is 10.9. The van der Waals surface area contributed by atoms with Crippen LogP contribution in [0.5, 0.6) is 0 Å². The van der Waals surface area contributed by atoms with Crippen molar-refractivity contribution in [1.82, 2.24) is 9.80 Å². The predicted octanol–water partition coefficient (Wildman–Crippen LogP) is 4.64.